The zero-order chi connectivity index (χ0) is 17.6. The zero-order valence-corrected chi connectivity index (χ0v) is 14.8. The first kappa shape index (κ1) is 19.8. The zero-order valence-electron chi connectivity index (χ0n) is 14.0. The van der Waals surface area contributed by atoms with E-state index in [0.29, 0.717) is 22.8 Å². The molecule has 0 radical (unpaired) electrons. The topological polar surface area (TPSA) is 103 Å². The van der Waals surface area contributed by atoms with Gasteiger partial charge in [0.2, 0.25) is 12.7 Å². The van der Waals surface area contributed by atoms with Gasteiger partial charge < -0.3 is 30.4 Å². The average Bonchev–Trinajstić information content (AvgIpc) is 3.12. The maximum absolute atomic E-state index is 12.0. The fourth-order valence-electron chi connectivity index (χ4n) is 2.36. The second-order valence-corrected chi connectivity index (χ2v) is 5.61. The lowest BCUT2D eigenvalue weighted by Crippen LogP contribution is -2.40. The highest BCUT2D eigenvalue weighted by molar-refractivity contribution is 5.85. The normalized spacial score (nSPS) is 14.1. The number of carbonyl (C=O) groups is 1. The van der Waals surface area contributed by atoms with Crippen molar-refractivity contribution in [2.24, 2.45) is 5.73 Å². The number of hydrogen-bond acceptors (Lipinski definition) is 6. The summed E-state index contributed by atoms with van der Waals surface area (Å²) in [5, 5.41) is 12.6. The lowest BCUT2D eigenvalue weighted by atomic mass is 10.1. The fourth-order valence-corrected chi connectivity index (χ4v) is 2.36. The van der Waals surface area contributed by atoms with Gasteiger partial charge in [-0.05, 0) is 17.7 Å². The Morgan fingerprint density at radius 2 is 1.92 bits per heavy atom. The maximum atomic E-state index is 12.0. The van der Waals surface area contributed by atoms with E-state index >= 15 is 0 Å². The minimum absolute atomic E-state index is 0. The van der Waals surface area contributed by atoms with Crippen LogP contribution in [0.1, 0.15) is 11.6 Å². The van der Waals surface area contributed by atoms with E-state index in [1.54, 1.807) is 30.3 Å². The van der Waals surface area contributed by atoms with Crippen molar-refractivity contribution in [2.45, 2.75) is 12.1 Å². The third-order valence-corrected chi connectivity index (χ3v) is 3.74. The van der Waals surface area contributed by atoms with Gasteiger partial charge in [0.1, 0.15) is 24.5 Å². The summed E-state index contributed by atoms with van der Waals surface area (Å²) in [5.74, 6) is 1.47. The number of rotatable bonds is 7. The van der Waals surface area contributed by atoms with Gasteiger partial charge in [-0.3, -0.25) is 4.79 Å². The van der Waals surface area contributed by atoms with Crippen LogP contribution in [0, 0.1) is 0 Å². The number of amides is 1. The largest absolute Gasteiger partial charge is 0.491 e. The van der Waals surface area contributed by atoms with E-state index in [0.717, 1.165) is 0 Å². The van der Waals surface area contributed by atoms with Crippen molar-refractivity contribution in [1.29, 1.82) is 0 Å². The molecule has 26 heavy (non-hydrogen) atoms. The molecule has 0 spiro atoms. The SMILES string of the molecule is Cl.NC(C(=O)NCC(O)COc1ccc2c(c1)OCO2)c1ccccc1. The Hall–Kier alpha value is -2.48. The van der Waals surface area contributed by atoms with Crippen LogP contribution in [0.4, 0.5) is 0 Å². The minimum atomic E-state index is -0.864. The molecule has 0 aromatic heterocycles. The van der Waals surface area contributed by atoms with Gasteiger partial charge in [-0.1, -0.05) is 30.3 Å². The Morgan fingerprint density at radius 3 is 2.69 bits per heavy atom. The summed E-state index contributed by atoms with van der Waals surface area (Å²) in [5.41, 5.74) is 6.61. The van der Waals surface area contributed by atoms with E-state index in [-0.39, 0.29) is 38.3 Å². The second kappa shape index (κ2) is 9.28. The summed E-state index contributed by atoms with van der Waals surface area (Å²) in [4.78, 5) is 12.0. The summed E-state index contributed by atoms with van der Waals surface area (Å²) in [6, 6.07) is 13.4. The van der Waals surface area contributed by atoms with Gasteiger partial charge >= 0.3 is 0 Å². The van der Waals surface area contributed by atoms with Gasteiger partial charge in [0, 0.05) is 12.6 Å². The highest BCUT2D eigenvalue weighted by Crippen LogP contribution is 2.35. The van der Waals surface area contributed by atoms with E-state index in [4.69, 9.17) is 19.9 Å². The lowest BCUT2D eigenvalue weighted by Gasteiger charge is -2.16. The Labute approximate surface area is 157 Å². The fraction of sp³-hybridized carbons (Fsp3) is 0.278. The van der Waals surface area contributed by atoms with E-state index in [2.05, 4.69) is 5.32 Å². The van der Waals surface area contributed by atoms with Gasteiger partial charge in [-0.25, -0.2) is 0 Å². The molecule has 0 bridgehead atoms. The molecule has 8 heteroatoms. The van der Waals surface area contributed by atoms with Gasteiger partial charge in [-0.15, -0.1) is 12.4 Å². The van der Waals surface area contributed by atoms with Crippen LogP contribution in [0.5, 0.6) is 17.2 Å². The van der Waals surface area contributed by atoms with Crippen molar-refractivity contribution in [3.8, 4) is 17.2 Å². The summed E-state index contributed by atoms with van der Waals surface area (Å²) in [6.45, 7) is 0.263. The smallest absolute Gasteiger partial charge is 0.241 e. The molecular weight excluding hydrogens is 360 g/mol. The molecule has 7 nitrogen and oxygen atoms in total. The molecular formula is C18H21ClN2O5. The molecule has 0 saturated carbocycles. The molecule has 4 N–H and O–H groups in total. The van der Waals surface area contributed by atoms with Crippen LogP contribution in [0.25, 0.3) is 0 Å². The number of nitrogens with two attached hydrogens (primary N) is 1. The predicted octanol–water partition coefficient (Wildman–Crippen LogP) is 1.39. The van der Waals surface area contributed by atoms with E-state index in [1.807, 2.05) is 18.2 Å². The lowest BCUT2D eigenvalue weighted by molar-refractivity contribution is -0.123. The van der Waals surface area contributed by atoms with E-state index in [1.165, 1.54) is 0 Å². The van der Waals surface area contributed by atoms with Crippen LogP contribution in [0.2, 0.25) is 0 Å². The Balaban J connectivity index is 0.00000243. The van der Waals surface area contributed by atoms with Crippen LogP contribution < -0.4 is 25.3 Å². The van der Waals surface area contributed by atoms with Crippen LogP contribution in [-0.4, -0.2) is 37.1 Å². The first-order valence-electron chi connectivity index (χ1n) is 7.92. The average molecular weight is 381 g/mol. The van der Waals surface area contributed by atoms with Gasteiger partial charge in [0.15, 0.2) is 11.5 Å². The highest BCUT2D eigenvalue weighted by Gasteiger charge is 2.17. The highest BCUT2D eigenvalue weighted by atomic mass is 35.5. The summed E-state index contributed by atoms with van der Waals surface area (Å²) < 4.78 is 16.0. The van der Waals surface area contributed by atoms with Gasteiger partial charge in [0.25, 0.3) is 0 Å². The van der Waals surface area contributed by atoms with Gasteiger partial charge in [-0.2, -0.15) is 0 Å². The van der Waals surface area contributed by atoms with Crippen LogP contribution in [-0.2, 0) is 4.79 Å². The quantitative estimate of drug-likeness (QED) is 0.670. The summed E-state index contributed by atoms with van der Waals surface area (Å²) in [7, 11) is 0. The predicted molar refractivity (Wildman–Crippen MR) is 97.7 cm³/mol. The standard InChI is InChI=1S/C18H20N2O5.ClH/c19-17(12-4-2-1-3-5-12)18(22)20-9-13(21)10-23-14-6-7-15-16(8-14)25-11-24-15;/h1-8,13,17,21H,9-11,19H2,(H,20,22);1H. The third-order valence-electron chi connectivity index (χ3n) is 3.74. The first-order chi connectivity index (χ1) is 12.1. The minimum Gasteiger partial charge on any atom is -0.491 e. The number of aliphatic hydroxyl groups is 1. The molecule has 2 atom stereocenters. The molecule has 0 fully saturated rings. The third kappa shape index (κ3) is 5.01. The second-order valence-electron chi connectivity index (χ2n) is 5.61. The van der Waals surface area contributed by atoms with E-state index in [9.17, 15) is 9.90 Å². The van der Waals surface area contributed by atoms with Crippen LogP contribution in [0.15, 0.2) is 48.5 Å². The molecule has 2 aromatic rings. The number of ether oxygens (including phenoxy) is 3. The number of nitrogens with one attached hydrogen (secondary N) is 1. The number of benzene rings is 2. The number of hydrogen-bond donors (Lipinski definition) is 3. The molecule has 1 amide bonds. The van der Waals surface area contributed by atoms with E-state index < -0.39 is 12.1 Å². The van der Waals surface area contributed by atoms with Crippen molar-refractivity contribution in [3.05, 3.63) is 54.1 Å². The van der Waals surface area contributed by atoms with Crippen molar-refractivity contribution in [3.63, 3.8) is 0 Å². The summed E-state index contributed by atoms with van der Waals surface area (Å²) in [6.07, 6.45) is -0.864. The molecule has 1 aliphatic rings. The molecule has 0 aliphatic carbocycles. The molecule has 2 unspecified atom stereocenters. The molecule has 2 aromatic carbocycles. The maximum Gasteiger partial charge on any atom is 0.241 e. The van der Waals surface area contributed by atoms with Crippen molar-refractivity contribution in [2.75, 3.05) is 19.9 Å². The number of aliphatic hydroxyl groups excluding tert-OH is 1. The van der Waals surface area contributed by atoms with Crippen LogP contribution in [0.3, 0.4) is 0 Å². The van der Waals surface area contributed by atoms with Crippen molar-refractivity contribution < 1.29 is 24.1 Å². The molecule has 140 valence electrons. The molecule has 0 saturated heterocycles. The monoisotopic (exact) mass is 380 g/mol. The Kier molecular flexibility index (Phi) is 7.08. The molecule has 3 rings (SSSR count). The molecule has 1 aliphatic heterocycles. The Bertz CT molecular complexity index is 729. The number of halogens is 1. The Morgan fingerprint density at radius 1 is 1.19 bits per heavy atom. The van der Waals surface area contributed by atoms with Crippen LogP contribution >= 0.6 is 12.4 Å². The van der Waals surface area contributed by atoms with Gasteiger partial charge in [0.05, 0.1) is 0 Å². The first-order valence-corrected chi connectivity index (χ1v) is 7.92. The van der Waals surface area contributed by atoms with Crippen molar-refractivity contribution >= 4 is 18.3 Å². The van der Waals surface area contributed by atoms with Crippen molar-refractivity contribution in [1.82, 2.24) is 5.32 Å². The number of carbonyl (C=O) groups excluding carboxylic acids is 1. The summed E-state index contributed by atoms with van der Waals surface area (Å²) >= 11 is 0. The molecule has 1 heterocycles. The number of fused-ring (bicyclic) bond motifs is 1.